The predicted octanol–water partition coefficient (Wildman–Crippen LogP) is 2.09. The van der Waals surface area contributed by atoms with Crippen molar-refractivity contribution in [1.29, 1.82) is 0 Å². The topological polar surface area (TPSA) is 70.7 Å². The fraction of sp³-hybridized carbons (Fsp3) is 0.263. The molecule has 1 fully saturated rings. The molecule has 0 aliphatic carbocycles. The minimum Gasteiger partial charge on any atom is -0.497 e. The number of halogens is 1. The summed E-state index contributed by atoms with van der Waals surface area (Å²) in [5.41, 5.74) is 1.63. The molecule has 3 rings (SSSR count). The van der Waals surface area contributed by atoms with Crippen LogP contribution in [0.4, 0.5) is 14.9 Å². The van der Waals surface area contributed by atoms with E-state index in [0.29, 0.717) is 24.4 Å². The van der Waals surface area contributed by atoms with Gasteiger partial charge in [0.2, 0.25) is 5.91 Å². The number of amides is 3. The number of hydrogen-bond donors (Lipinski definition) is 2. The number of nitrogens with one attached hydrogen (secondary N) is 2. The zero-order valence-corrected chi connectivity index (χ0v) is 14.4. The molecule has 2 aromatic carbocycles. The van der Waals surface area contributed by atoms with Gasteiger partial charge in [-0.3, -0.25) is 9.69 Å². The van der Waals surface area contributed by atoms with Crippen molar-refractivity contribution in [2.75, 3.05) is 25.1 Å². The van der Waals surface area contributed by atoms with Crippen molar-refractivity contribution in [2.45, 2.75) is 12.5 Å². The average Bonchev–Trinajstić information content (AvgIpc) is 3.05. The van der Waals surface area contributed by atoms with Gasteiger partial charge in [0.05, 0.1) is 13.7 Å². The van der Waals surface area contributed by atoms with E-state index in [-0.39, 0.29) is 24.3 Å². The van der Waals surface area contributed by atoms with Gasteiger partial charge < -0.3 is 15.4 Å². The Balaban J connectivity index is 1.52. The molecule has 2 aromatic rings. The molecule has 1 unspecified atom stereocenters. The van der Waals surface area contributed by atoms with Gasteiger partial charge in [0.15, 0.2) is 0 Å². The van der Waals surface area contributed by atoms with Crippen LogP contribution < -0.4 is 20.3 Å². The normalized spacial score (nSPS) is 16.3. The minimum absolute atomic E-state index is 0.239. The molecular weight excluding hydrogens is 337 g/mol. The fourth-order valence-corrected chi connectivity index (χ4v) is 2.78. The summed E-state index contributed by atoms with van der Waals surface area (Å²) in [6.07, 6.45) is 0.592. The second-order valence-corrected chi connectivity index (χ2v) is 5.98. The number of ether oxygens (including phenoxy) is 1. The molecule has 1 atom stereocenters. The average molecular weight is 357 g/mol. The van der Waals surface area contributed by atoms with Crippen molar-refractivity contribution in [3.8, 4) is 5.75 Å². The number of carbonyl (C=O) groups is 2. The molecule has 1 saturated heterocycles. The number of anilines is 1. The molecule has 0 spiro atoms. The first-order chi connectivity index (χ1) is 12.6. The lowest BCUT2D eigenvalue weighted by Gasteiger charge is -2.15. The van der Waals surface area contributed by atoms with Crippen LogP contribution in [0.5, 0.6) is 5.75 Å². The van der Waals surface area contributed by atoms with Gasteiger partial charge in [0.1, 0.15) is 17.6 Å². The van der Waals surface area contributed by atoms with Gasteiger partial charge >= 0.3 is 6.03 Å². The molecular formula is C19H20FN3O3. The number of carbonyl (C=O) groups excluding carboxylic acids is 2. The molecule has 0 saturated carbocycles. The Kier molecular flexibility index (Phi) is 5.36. The highest BCUT2D eigenvalue weighted by atomic mass is 19.1. The number of methoxy groups -OCH3 is 1. The van der Waals surface area contributed by atoms with Crippen molar-refractivity contribution in [3.63, 3.8) is 0 Å². The third-order valence-corrected chi connectivity index (χ3v) is 4.23. The van der Waals surface area contributed by atoms with Gasteiger partial charge in [-0.1, -0.05) is 12.1 Å². The molecule has 0 bridgehead atoms. The van der Waals surface area contributed by atoms with Crippen LogP contribution in [-0.4, -0.2) is 38.2 Å². The number of hydrogen-bond acceptors (Lipinski definition) is 3. The van der Waals surface area contributed by atoms with Crippen molar-refractivity contribution in [3.05, 3.63) is 59.9 Å². The van der Waals surface area contributed by atoms with Gasteiger partial charge in [-0.05, 0) is 48.4 Å². The van der Waals surface area contributed by atoms with E-state index in [4.69, 9.17) is 4.74 Å². The van der Waals surface area contributed by atoms with Gasteiger partial charge in [-0.15, -0.1) is 0 Å². The Morgan fingerprint density at radius 1 is 1.23 bits per heavy atom. The Labute approximate surface area is 150 Å². The summed E-state index contributed by atoms with van der Waals surface area (Å²) in [5.74, 6) is 0.171. The van der Waals surface area contributed by atoms with E-state index in [1.807, 2.05) is 0 Å². The van der Waals surface area contributed by atoms with E-state index in [2.05, 4.69) is 10.6 Å². The van der Waals surface area contributed by atoms with Crippen molar-refractivity contribution in [2.24, 2.45) is 0 Å². The smallest absolute Gasteiger partial charge is 0.322 e. The van der Waals surface area contributed by atoms with E-state index >= 15 is 0 Å². The van der Waals surface area contributed by atoms with Gasteiger partial charge in [0, 0.05) is 12.2 Å². The zero-order valence-electron chi connectivity index (χ0n) is 14.4. The zero-order chi connectivity index (χ0) is 18.5. The summed E-state index contributed by atoms with van der Waals surface area (Å²) < 4.78 is 18.0. The third-order valence-electron chi connectivity index (χ3n) is 4.23. The maximum absolute atomic E-state index is 12.9. The highest BCUT2D eigenvalue weighted by Crippen LogP contribution is 2.21. The molecule has 2 N–H and O–H groups in total. The number of benzene rings is 2. The van der Waals surface area contributed by atoms with Crippen LogP contribution in [0.2, 0.25) is 0 Å². The minimum atomic E-state index is -0.613. The Morgan fingerprint density at radius 3 is 2.58 bits per heavy atom. The van der Waals surface area contributed by atoms with Crippen LogP contribution in [0.3, 0.4) is 0 Å². The van der Waals surface area contributed by atoms with Crippen LogP contribution in [0.25, 0.3) is 0 Å². The standard InChI is InChI=1S/C19H20FN3O3/c1-26-16-8-6-15(7-9-16)23-12-17(22-19(23)25)18(24)21-11-10-13-2-4-14(20)5-3-13/h2-9,17H,10-12H2,1H3,(H,21,24)(H,22,25). The molecule has 1 aliphatic heterocycles. The Hall–Kier alpha value is -3.09. The van der Waals surface area contributed by atoms with E-state index in [1.165, 1.54) is 17.0 Å². The second kappa shape index (κ2) is 7.86. The van der Waals surface area contributed by atoms with Crippen LogP contribution in [-0.2, 0) is 11.2 Å². The summed E-state index contributed by atoms with van der Waals surface area (Å²) in [6.45, 7) is 0.674. The maximum Gasteiger partial charge on any atom is 0.322 e. The van der Waals surface area contributed by atoms with Crippen molar-refractivity contribution >= 4 is 17.6 Å². The summed E-state index contributed by atoms with van der Waals surface area (Å²) >= 11 is 0. The molecule has 6 nitrogen and oxygen atoms in total. The largest absolute Gasteiger partial charge is 0.497 e. The molecule has 0 radical (unpaired) electrons. The van der Waals surface area contributed by atoms with E-state index in [9.17, 15) is 14.0 Å². The number of nitrogens with zero attached hydrogens (tertiary/aromatic N) is 1. The quantitative estimate of drug-likeness (QED) is 0.832. The number of urea groups is 1. The first kappa shape index (κ1) is 17.7. The first-order valence-corrected chi connectivity index (χ1v) is 8.31. The van der Waals surface area contributed by atoms with E-state index in [0.717, 1.165) is 5.56 Å². The highest BCUT2D eigenvalue weighted by Gasteiger charge is 2.34. The maximum atomic E-state index is 12.9. The lowest BCUT2D eigenvalue weighted by atomic mass is 10.1. The molecule has 1 heterocycles. The summed E-state index contributed by atoms with van der Waals surface area (Å²) in [7, 11) is 1.57. The van der Waals surface area contributed by atoms with E-state index < -0.39 is 6.04 Å². The third kappa shape index (κ3) is 4.11. The van der Waals surface area contributed by atoms with Crippen LogP contribution in [0, 0.1) is 5.82 Å². The van der Waals surface area contributed by atoms with Crippen molar-refractivity contribution in [1.82, 2.24) is 10.6 Å². The summed E-state index contributed by atoms with van der Waals surface area (Å²) in [5, 5.41) is 5.49. The molecule has 3 amide bonds. The summed E-state index contributed by atoms with van der Waals surface area (Å²) in [6, 6.07) is 12.3. The fourth-order valence-electron chi connectivity index (χ4n) is 2.78. The lowest BCUT2D eigenvalue weighted by molar-refractivity contribution is -0.122. The predicted molar refractivity (Wildman–Crippen MR) is 95.8 cm³/mol. The SMILES string of the molecule is COc1ccc(N2CC(C(=O)NCCc3ccc(F)cc3)NC2=O)cc1. The van der Waals surface area contributed by atoms with Gasteiger partial charge in [-0.2, -0.15) is 0 Å². The first-order valence-electron chi connectivity index (χ1n) is 8.31. The Morgan fingerprint density at radius 2 is 1.92 bits per heavy atom. The van der Waals surface area contributed by atoms with Crippen LogP contribution >= 0.6 is 0 Å². The van der Waals surface area contributed by atoms with E-state index in [1.54, 1.807) is 43.5 Å². The van der Waals surface area contributed by atoms with Gasteiger partial charge in [0.25, 0.3) is 0 Å². The van der Waals surface area contributed by atoms with Crippen LogP contribution in [0.1, 0.15) is 5.56 Å². The second-order valence-electron chi connectivity index (χ2n) is 5.98. The molecule has 136 valence electrons. The van der Waals surface area contributed by atoms with Crippen LogP contribution in [0.15, 0.2) is 48.5 Å². The molecule has 1 aliphatic rings. The van der Waals surface area contributed by atoms with Crippen molar-refractivity contribution < 1.29 is 18.7 Å². The van der Waals surface area contributed by atoms with Gasteiger partial charge in [-0.25, -0.2) is 9.18 Å². The lowest BCUT2D eigenvalue weighted by Crippen LogP contribution is -2.43. The monoisotopic (exact) mass is 357 g/mol. The molecule has 0 aromatic heterocycles. The molecule has 7 heteroatoms. The Bertz CT molecular complexity index is 778. The summed E-state index contributed by atoms with van der Waals surface area (Å²) in [4.78, 5) is 25.9. The highest BCUT2D eigenvalue weighted by molar-refractivity contribution is 6.00. The molecule has 26 heavy (non-hydrogen) atoms. The number of rotatable bonds is 6.